The molecule has 0 aromatic heterocycles. The van der Waals surface area contributed by atoms with E-state index in [9.17, 15) is 0 Å². The Kier molecular flexibility index (Phi) is 2.48. The molecule has 0 saturated heterocycles. The number of anilines is 1. The second-order valence-corrected chi connectivity index (χ2v) is 13.8. The predicted octanol–water partition coefficient (Wildman–Crippen LogP) is 4.07. The molecule has 1 nitrogen and oxygen atoms in total. The van der Waals surface area contributed by atoms with Gasteiger partial charge in [-0.3, -0.25) is 0 Å². The van der Waals surface area contributed by atoms with Crippen molar-refractivity contribution in [2.45, 2.75) is 70.5 Å². The molecule has 0 N–H and O–H groups in total. The van der Waals surface area contributed by atoms with Gasteiger partial charge in [-0.25, -0.2) is 0 Å². The molecule has 0 spiro atoms. The van der Waals surface area contributed by atoms with Crippen molar-refractivity contribution in [1.29, 1.82) is 0 Å². The summed E-state index contributed by atoms with van der Waals surface area (Å²) in [5.41, 5.74) is 7.38. The summed E-state index contributed by atoms with van der Waals surface area (Å²) in [4.78, 5) is 2.74. The van der Waals surface area contributed by atoms with Gasteiger partial charge in [0.25, 0.3) is 0 Å². The van der Waals surface area contributed by atoms with Gasteiger partial charge in [-0.1, -0.05) is 40.3 Å². The normalized spacial score (nSPS) is 31.2. The summed E-state index contributed by atoms with van der Waals surface area (Å²) in [6.45, 7) is 17.5. The minimum absolute atomic E-state index is 0.352. The van der Waals surface area contributed by atoms with Gasteiger partial charge in [0.05, 0.1) is 8.07 Å². The van der Waals surface area contributed by atoms with E-state index in [1.807, 2.05) is 5.19 Å². The smallest absolute Gasteiger partial charge is 0.0893 e. The Morgan fingerprint density at radius 2 is 1.81 bits per heavy atom. The number of aryl methyl sites for hydroxylation is 1. The Morgan fingerprint density at radius 3 is 2.52 bits per heavy atom. The fourth-order valence-corrected chi connectivity index (χ4v) is 11.2. The molecule has 1 unspecified atom stereocenters. The van der Waals surface area contributed by atoms with Crippen LogP contribution >= 0.6 is 0 Å². The van der Waals surface area contributed by atoms with Crippen molar-refractivity contribution in [2.24, 2.45) is 0 Å². The van der Waals surface area contributed by atoms with Crippen LogP contribution in [0.3, 0.4) is 0 Å². The molecule has 1 atom stereocenters. The summed E-state index contributed by atoms with van der Waals surface area (Å²) in [7, 11) is -1.26. The van der Waals surface area contributed by atoms with Crippen molar-refractivity contribution in [1.82, 2.24) is 0 Å². The zero-order valence-electron chi connectivity index (χ0n) is 14.6. The van der Waals surface area contributed by atoms with Gasteiger partial charge in [0.15, 0.2) is 0 Å². The van der Waals surface area contributed by atoms with Crippen LogP contribution in [0.25, 0.3) is 0 Å². The predicted molar refractivity (Wildman–Crippen MR) is 94.9 cm³/mol. The lowest BCUT2D eigenvalue weighted by Crippen LogP contribution is -2.55. The highest BCUT2D eigenvalue weighted by Crippen LogP contribution is 2.51. The molecule has 0 amide bonds. The second-order valence-electron chi connectivity index (χ2n) is 9.33. The molecule has 2 heteroatoms. The standard InChI is InChI=1S/C19H29NSi/c1-13-11-14-17-16-15(13)18(2,3)7-8-20(16)9-10-21(17,6)12-19(14,4)5/h11H,7-10,12H2,1-6H3. The summed E-state index contributed by atoms with van der Waals surface area (Å²) in [6, 6.07) is 5.50. The van der Waals surface area contributed by atoms with Crippen LogP contribution in [0.5, 0.6) is 0 Å². The third-order valence-corrected chi connectivity index (χ3v) is 11.3. The molecule has 3 heterocycles. The lowest BCUT2D eigenvalue weighted by molar-refractivity contribution is 0.453. The second kappa shape index (κ2) is 3.76. The van der Waals surface area contributed by atoms with E-state index in [4.69, 9.17) is 0 Å². The van der Waals surface area contributed by atoms with E-state index in [1.54, 1.807) is 22.4 Å². The van der Waals surface area contributed by atoms with E-state index in [0.717, 1.165) is 0 Å². The van der Waals surface area contributed by atoms with Crippen molar-refractivity contribution in [3.63, 3.8) is 0 Å². The summed E-state index contributed by atoms with van der Waals surface area (Å²) in [5.74, 6) is 0. The first-order valence-corrected chi connectivity index (χ1v) is 11.5. The zero-order valence-corrected chi connectivity index (χ0v) is 15.6. The van der Waals surface area contributed by atoms with E-state index < -0.39 is 8.07 Å². The molecular formula is C19H29NSi. The van der Waals surface area contributed by atoms with Gasteiger partial charge in [0.1, 0.15) is 0 Å². The van der Waals surface area contributed by atoms with Gasteiger partial charge in [0, 0.05) is 18.8 Å². The summed E-state index contributed by atoms with van der Waals surface area (Å²) in [6.07, 6.45) is 1.31. The van der Waals surface area contributed by atoms with Crippen LogP contribution in [0.4, 0.5) is 5.69 Å². The van der Waals surface area contributed by atoms with E-state index in [-0.39, 0.29) is 0 Å². The SMILES string of the molecule is Cc1cc2c3c4c1C(C)(C)CCN4CC[Si]3(C)CC2(C)C. The topological polar surface area (TPSA) is 3.24 Å². The van der Waals surface area contributed by atoms with E-state index in [1.165, 1.54) is 31.6 Å². The van der Waals surface area contributed by atoms with Crippen molar-refractivity contribution in [2.75, 3.05) is 18.0 Å². The Balaban J connectivity index is 2.12. The van der Waals surface area contributed by atoms with Gasteiger partial charge in [-0.2, -0.15) is 0 Å². The van der Waals surface area contributed by atoms with Crippen LogP contribution in [-0.2, 0) is 10.8 Å². The molecule has 21 heavy (non-hydrogen) atoms. The van der Waals surface area contributed by atoms with Crippen LogP contribution in [0.1, 0.15) is 50.8 Å². The number of hydrogen-bond donors (Lipinski definition) is 0. The van der Waals surface area contributed by atoms with Crippen LogP contribution in [-0.4, -0.2) is 21.2 Å². The highest BCUT2D eigenvalue weighted by Gasteiger charge is 2.52. The average Bonchev–Trinajstić information content (AvgIpc) is 2.55. The van der Waals surface area contributed by atoms with Crippen molar-refractivity contribution < 1.29 is 0 Å². The first-order valence-electron chi connectivity index (χ1n) is 8.60. The van der Waals surface area contributed by atoms with Crippen molar-refractivity contribution >= 4 is 18.9 Å². The Hall–Kier alpha value is -0.763. The van der Waals surface area contributed by atoms with Gasteiger partial charge in [0.2, 0.25) is 0 Å². The maximum Gasteiger partial charge on any atom is 0.0893 e. The minimum Gasteiger partial charge on any atom is -0.372 e. The fourth-order valence-electron chi connectivity index (χ4n) is 5.74. The largest absolute Gasteiger partial charge is 0.372 e. The molecule has 0 radical (unpaired) electrons. The number of rotatable bonds is 0. The lowest BCUT2D eigenvalue weighted by Gasteiger charge is -2.48. The molecule has 0 bridgehead atoms. The highest BCUT2D eigenvalue weighted by atomic mass is 28.3. The van der Waals surface area contributed by atoms with Crippen LogP contribution in [0.15, 0.2) is 6.07 Å². The summed E-state index contributed by atoms with van der Waals surface area (Å²) < 4.78 is 0. The minimum atomic E-state index is -1.26. The van der Waals surface area contributed by atoms with Crippen LogP contribution in [0.2, 0.25) is 18.6 Å². The lowest BCUT2D eigenvalue weighted by atomic mass is 9.73. The van der Waals surface area contributed by atoms with Crippen molar-refractivity contribution in [3.05, 3.63) is 22.8 Å². The van der Waals surface area contributed by atoms with E-state index in [0.29, 0.717) is 10.8 Å². The molecule has 1 aromatic carbocycles. The molecule has 0 saturated carbocycles. The Morgan fingerprint density at radius 1 is 1.10 bits per heavy atom. The van der Waals surface area contributed by atoms with E-state index in [2.05, 4.69) is 52.1 Å². The maximum atomic E-state index is 2.74. The monoisotopic (exact) mass is 299 g/mol. The molecule has 0 fully saturated rings. The average molecular weight is 300 g/mol. The van der Waals surface area contributed by atoms with Gasteiger partial charge in [-0.05, 0) is 58.1 Å². The molecule has 3 aliphatic rings. The Labute approximate surface area is 130 Å². The molecule has 3 aliphatic heterocycles. The third-order valence-electron chi connectivity index (χ3n) is 6.60. The number of nitrogens with zero attached hydrogens (tertiary/aromatic N) is 1. The fraction of sp³-hybridized carbons (Fsp3) is 0.684. The van der Waals surface area contributed by atoms with Crippen LogP contribution < -0.4 is 10.1 Å². The highest BCUT2D eigenvalue weighted by molar-refractivity contribution is 6.94. The maximum absolute atomic E-state index is 2.74. The summed E-state index contributed by atoms with van der Waals surface area (Å²) >= 11 is 0. The van der Waals surface area contributed by atoms with E-state index >= 15 is 0 Å². The quantitative estimate of drug-likeness (QED) is 0.653. The van der Waals surface area contributed by atoms with Gasteiger partial charge >= 0.3 is 0 Å². The zero-order chi connectivity index (χ0) is 15.2. The molecule has 114 valence electrons. The molecule has 0 aliphatic carbocycles. The molecular weight excluding hydrogens is 270 g/mol. The molecule has 1 aromatic rings. The van der Waals surface area contributed by atoms with Gasteiger partial charge in [-0.15, -0.1) is 0 Å². The number of hydrogen-bond acceptors (Lipinski definition) is 1. The number of benzene rings is 1. The van der Waals surface area contributed by atoms with Crippen molar-refractivity contribution in [3.8, 4) is 0 Å². The van der Waals surface area contributed by atoms with Crippen LogP contribution in [0, 0.1) is 6.92 Å². The first-order chi connectivity index (χ1) is 9.66. The summed E-state index contributed by atoms with van der Waals surface area (Å²) in [5, 5.41) is 1.85. The first kappa shape index (κ1) is 13.9. The third kappa shape index (κ3) is 1.63. The van der Waals surface area contributed by atoms with Gasteiger partial charge < -0.3 is 4.90 Å². The molecule has 4 rings (SSSR count). The Bertz CT molecular complexity index is 643.